The van der Waals surface area contributed by atoms with Crippen molar-refractivity contribution in [3.63, 3.8) is 0 Å². The van der Waals surface area contributed by atoms with Gasteiger partial charge in [0.1, 0.15) is 29.9 Å². The van der Waals surface area contributed by atoms with E-state index in [1.165, 1.54) is 18.9 Å². The van der Waals surface area contributed by atoms with E-state index in [9.17, 15) is 24.3 Å². The minimum absolute atomic E-state index is 0.0395. The smallest absolute Gasteiger partial charge is 0.411 e. The molecule has 2 aromatic rings. The zero-order valence-electron chi connectivity index (χ0n) is 34.4. The molecule has 12 atom stereocenters. The second kappa shape index (κ2) is 17.7. The highest BCUT2D eigenvalue weighted by molar-refractivity contribution is 6.01. The Kier molecular flexibility index (Phi) is 13.7. The second-order valence-electron chi connectivity index (χ2n) is 16.4. The van der Waals surface area contributed by atoms with Crippen molar-refractivity contribution < 1.29 is 48.0 Å². The van der Waals surface area contributed by atoms with Gasteiger partial charge in [-0.15, -0.1) is 5.10 Å². The summed E-state index contributed by atoms with van der Waals surface area (Å²) < 4.78 is 32.3. The number of aliphatic hydroxyl groups excluding tert-OH is 1. The molecule has 1 aromatic carbocycles. The topological polar surface area (TPSA) is 221 Å². The molecular weight excluding hydrogens is 736 g/mol. The Hall–Kier alpha value is -4.22. The molecule has 314 valence electrons. The molecule has 5 N–H and O–H groups in total. The molecule has 16 nitrogen and oxygen atoms in total. The predicted octanol–water partition coefficient (Wildman–Crippen LogP) is 3.83. The van der Waals surface area contributed by atoms with Gasteiger partial charge in [-0.25, -0.2) is 4.79 Å². The number of esters is 1. The van der Waals surface area contributed by atoms with Crippen LogP contribution in [0.5, 0.6) is 0 Å². The Morgan fingerprint density at radius 2 is 1.79 bits per heavy atom. The van der Waals surface area contributed by atoms with Crippen LogP contribution in [0.2, 0.25) is 0 Å². The molecule has 1 aromatic heterocycles. The summed E-state index contributed by atoms with van der Waals surface area (Å²) in [6.45, 7) is 16.7. The highest BCUT2D eigenvalue weighted by Gasteiger charge is 2.59. The summed E-state index contributed by atoms with van der Waals surface area (Å²) in [5, 5.41) is 19.5. The van der Waals surface area contributed by atoms with Crippen LogP contribution in [-0.4, -0.2) is 116 Å². The number of aromatic nitrogens is 3. The summed E-state index contributed by atoms with van der Waals surface area (Å²) in [7, 11) is 1.44. The number of anilines is 1. The second-order valence-corrected chi connectivity index (χ2v) is 16.4. The molecule has 57 heavy (non-hydrogen) atoms. The first kappa shape index (κ1) is 43.9. The number of amides is 1. The van der Waals surface area contributed by atoms with Crippen LogP contribution in [-0.2, 0) is 44.6 Å². The fraction of sp³-hybridized carbons (Fsp3) is 0.659. The van der Waals surface area contributed by atoms with Crippen molar-refractivity contribution in [3.8, 4) is 11.3 Å². The Balaban J connectivity index is 1.42. The molecule has 3 unspecified atom stereocenters. The number of hydrogen-bond donors (Lipinski definition) is 3. The van der Waals surface area contributed by atoms with Crippen LogP contribution < -0.4 is 11.5 Å². The maximum atomic E-state index is 14.5. The van der Waals surface area contributed by atoms with Crippen LogP contribution in [0.3, 0.4) is 0 Å². The molecular formula is C41H60N6O10. The highest BCUT2D eigenvalue weighted by Crippen LogP contribution is 2.42. The molecule has 5 rings (SSSR count). The first-order valence-corrected chi connectivity index (χ1v) is 19.9. The highest BCUT2D eigenvalue weighted by atomic mass is 16.7. The summed E-state index contributed by atoms with van der Waals surface area (Å²) in [5.74, 6) is -4.74. The van der Waals surface area contributed by atoms with E-state index in [1.807, 2.05) is 24.4 Å². The van der Waals surface area contributed by atoms with E-state index in [0.29, 0.717) is 37.2 Å². The van der Waals surface area contributed by atoms with E-state index in [2.05, 4.69) is 16.9 Å². The van der Waals surface area contributed by atoms with Gasteiger partial charge < -0.3 is 40.3 Å². The maximum absolute atomic E-state index is 14.5. The van der Waals surface area contributed by atoms with Crippen molar-refractivity contribution in [1.82, 2.24) is 19.9 Å². The molecule has 1 amide bonds. The van der Waals surface area contributed by atoms with Crippen LogP contribution in [0.1, 0.15) is 80.6 Å². The third-order valence-corrected chi connectivity index (χ3v) is 11.9. The number of benzene rings is 1. The van der Waals surface area contributed by atoms with Crippen LogP contribution in [0.25, 0.3) is 11.3 Å². The number of carbonyl (C=O) groups excluding carboxylic acids is 4. The number of fused-ring (bicyclic) bond motifs is 1. The van der Waals surface area contributed by atoms with E-state index >= 15 is 0 Å². The molecule has 0 saturated carbocycles. The third-order valence-electron chi connectivity index (χ3n) is 11.9. The lowest BCUT2D eigenvalue weighted by Gasteiger charge is -2.45. The Morgan fingerprint density at radius 3 is 2.46 bits per heavy atom. The van der Waals surface area contributed by atoms with Crippen molar-refractivity contribution in [2.45, 2.75) is 141 Å². The average Bonchev–Trinajstić information content (AvgIpc) is 3.75. The standard InChI is InChI=1S/C41H60N6O10/c1-10-31-41(8)35(47(39(52)57-41)17-12-11-16-46-21-30(44-45-46)27-14-13-15-28(42)19-27)24(4)32(48)22(2)20-40(7,53-9)36(25(5)33(49)26(6)37(51)55-31)56-38-34(50)29(43)18-23(3)54-38/h13-15,19,21-23,25-26,29,31,34-36,38,50H,4,10-12,16-18,20,42-43H2,1-3,5-9H3/t22-,23?,25+,26-,29?,31-,34?,35-,36-,38+,40-,41-/m1/s1. The molecule has 3 aliphatic rings. The van der Waals surface area contributed by atoms with E-state index in [4.69, 9.17) is 35.2 Å². The SMILES string of the molecule is C=C1C(=O)[C@H](C)C[C@@](C)(OC)[C@H](O[C@@H]2OC(C)CC(N)C2O)[C@@H](C)C(=O)[C@@H](C)C(=O)O[C@H](CC)[C@@]2(C)OC(=O)N(CCCCn3cc(-c4cccc(N)c4)nn3)[C@H]12. The summed E-state index contributed by atoms with van der Waals surface area (Å²) in [6.07, 6.45) is -2.03. The van der Waals surface area contributed by atoms with Gasteiger partial charge in [-0.1, -0.05) is 44.7 Å². The first-order chi connectivity index (χ1) is 26.8. The van der Waals surface area contributed by atoms with Gasteiger partial charge in [0.2, 0.25) is 0 Å². The molecule has 3 aliphatic heterocycles. The number of aryl methyl sites for hydroxylation is 1. The zero-order chi connectivity index (χ0) is 42.0. The average molecular weight is 797 g/mol. The lowest BCUT2D eigenvalue weighted by molar-refractivity contribution is -0.288. The zero-order valence-corrected chi connectivity index (χ0v) is 34.4. The van der Waals surface area contributed by atoms with Crippen molar-refractivity contribution in [1.29, 1.82) is 0 Å². The summed E-state index contributed by atoms with van der Waals surface area (Å²) in [5.41, 5.74) is 11.5. The fourth-order valence-electron chi connectivity index (χ4n) is 8.62. The number of nitrogens with zero attached hydrogens (tertiary/aromatic N) is 4. The number of ketones is 2. The number of Topliss-reactive ketones (excluding diaryl/α,β-unsaturated/α-hetero) is 2. The van der Waals surface area contributed by atoms with Crippen LogP contribution in [0, 0.1) is 17.8 Å². The normalized spacial score (nSPS) is 35.8. The summed E-state index contributed by atoms with van der Waals surface area (Å²) in [4.78, 5) is 57.8. The summed E-state index contributed by atoms with van der Waals surface area (Å²) >= 11 is 0. The van der Waals surface area contributed by atoms with Gasteiger partial charge in [-0.05, 0) is 71.9 Å². The largest absolute Gasteiger partial charge is 0.457 e. The molecule has 4 heterocycles. The number of rotatable bonds is 10. The van der Waals surface area contributed by atoms with Gasteiger partial charge in [0.05, 0.1) is 24.0 Å². The number of methoxy groups -OCH3 is 1. The lowest BCUT2D eigenvalue weighted by atomic mass is 9.75. The minimum Gasteiger partial charge on any atom is -0.457 e. The van der Waals surface area contributed by atoms with E-state index in [0.717, 1.165) is 5.56 Å². The lowest BCUT2D eigenvalue weighted by Crippen LogP contribution is -2.59. The molecule has 3 saturated heterocycles. The van der Waals surface area contributed by atoms with Gasteiger partial charge in [-0.3, -0.25) is 24.0 Å². The number of aliphatic hydroxyl groups is 1. The third kappa shape index (κ3) is 9.09. The maximum Gasteiger partial charge on any atom is 0.411 e. The monoisotopic (exact) mass is 796 g/mol. The van der Waals surface area contributed by atoms with Crippen molar-refractivity contribution >= 4 is 29.3 Å². The Morgan fingerprint density at radius 1 is 1.09 bits per heavy atom. The number of ether oxygens (including phenoxy) is 5. The fourth-order valence-corrected chi connectivity index (χ4v) is 8.62. The van der Waals surface area contributed by atoms with Crippen LogP contribution in [0.4, 0.5) is 10.5 Å². The first-order valence-electron chi connectivity index (χ1n) is 19.9. The molecule has 0 aliphatic carbocycles. The number of hydrogen-bond acceptors (Lipinski definition) is 14. The Labute approximate surface area is 334 Å². The van der Waals surface area contributed by atoms with E-state index in [-0.39, 0.29) is 36.8 Å². The van der Waals surface area contributed by atoms with Gasteiger partial charge in [0.25, 0.3) is 0 Å². The molecule has 16 heteroatoms. The van der Waals surface area contributed by atoms with Crippen molar-refractivity contribution in [3.05, 3.63) is 42.6 Å². The molecule has 3 fully saturated rings. The van der Waals surface area contributed by atoms with Gasteiger partial charge in [0.15, 0.2) is 23.5 Å². The molecule has 0 spiro atoms. The predicted molar refractivity (Wildman–Crippen MR) is 209 cm³/mol. The minimum atomic E-state index is -1.52. The van der Waals surface area contributed by atoms with Crippen LogP contribution >= 0.6 is 0 Å². The van der Waals surface area contributed by atoms with Gasteiger partial charge in [-0.2, -0.15) is 0 Å². The quantitative estimate of drug-likeness (QED) is 0.102. The number of unbranched alkanes of at least 4 members (excludes halogenated alkanes) is 1. The molecule has 0 bridgehead atoms. The Bertz CT molecular complexity index is 1800. The van der Waals surface area contributed by atoms with Crippen molar-refractivity contribution in [2.24, 2.45) is 23.5 Å². The number of nitrogens with two attached hydrogens (primary N) is 2. The van der Waals surface area contributed by atoms with Crippen molar-refractivity contribution in [2.75, 3.05) is 19.4 Å². The number of nitrogen functional groups attached to an aromatic ring is 1. The van der Waals surface area contributed by atoms with E-state index in [1.54, 1.807) is 52.3 Å². The number of carbonyl (C=O) groups is 4. The summed E-state index contributed by atoms with van der Waals surface area (Å²) in [6, 6.07) is 5.70. The molecule has 0 radical (unpaired) electrons. The van der Waals surface area contributed by atoms with E-state index < -0.39 is 83.5 Å². The van der Waals surface area contributed by atoms with Gasteiger partial charge in [0, 0.05) is 54.9 Å². The number of cyclic esters (lactones) is 1. The van der Waals surface area contributed by atoms with Gasteiger partial charge >= 0.3 is 12.1 Å². The van der Waals surface area contributed by atoms with Crippen LogP contribution in [0.15, 0.2) is 42.6 Å².